The molecule has 2 nitrogen and oxygen atoms in total. The largest absolute Gasteiger partial charge is 0.381 e. The summed E-state index contributed by atoms with van der Waals surface area (Å²) in [4.78, 5) is 2.45. The van der Waals surface area contributed by atoms with Gasteiger partial charge in [-0.1, -0.05) is 29.8 Å². The fourth-order valence-electron chi connectivity index (χ4n) is 2.75. The summed E-state index contributed by atoms with van der Waals surface area (Å²) < 4.78 is 1.07. The average Bonchev–Trinajstić information content (AvgIpc) is 2.53. The van der Waals surface area contributed by atoms with Crippen molar-refractivity contribution < 1.29 is 0 Å². The van der Waals surface area contributed by atoms with Crippen molar-refractivity contribution in [2.24, 2.45) is 0 Å². The van der Waals surface area contributed by atoms with Crippen molar-refractivity contribution in [1.82, 2.24) is 0 Å². The van der Waals surface area contributed by atoms with Crippen LogP contribution in [0.25, 0.3) is 0 Å². The number of nitrogens with zero attached hydrogens (tertiary/aromatic N) is 1. The van der Waals surface area contributed by atoms with E-state index in [0.717, 1.165) is 41.1 Å². The highest BCUT2D eigenvalue weighted by atomic mass is 79.9. The third-order valence-electron chi connectivity index (χ3n) is 3.90. The predicted molar refractivity (Wildman–Crippen MR) is 94.5 cm³/mol. The van der Waals surface area contributed by atoms with E-state index in [-0.39, 0.29) is 0 Å². The van der Waals surface area contributed by atoms with Crippen LogP contribution in [0.1, 0.15) is 12.8 Å². The van der Waals surface area contributed by atoms with Crippen molar-refractivity contribution in [2.45, 2.75) is 18.9 Å². The lowest BCUT2D eigenvalue weighted by Crippen LogP contribution is -2.39. The lowest BCUT2D eigenvalue weighted by atomic mass is 10.0. The first-order valence-electron chi connectivity index (χ1n) is 7.24. The van der Waals surface area contributed by atoms with Crippen LogP contribution in [0.5, 0.6) is 0 Å². The van der Waals surface area contributed by atoms with Gasteiger partial charge < -0.3 is 10.2 Å². The molecular weight excluding hydrogens is 348 g/mol. The van der Waals surface area contributed by atoms with E-state index < -0.39 is 0 Å². The van der Waals surface area contributed by atoms with Crippen molar-refractivity contribution in [3.8, 4) is 0 Å². The monoisotopic (exact) mass is 364 g/mol. The molecule has 0 bridgehead atoms. The van der Waals surface area contributed by atoms with Crippen molar-refractivity contribution in [1.29, 1.82) is 0 Å². The maximum atomic E-state index is 6.07. The maximum Gasteiger partial charge on any atom is 0.0501 e. The average molecular weight is 366 g/mol. The highest BCUT2D eigenvalue weighted by Crippen LogP contribution is 2.28. The van der Waals surface area contributed by atoms with Gasteiger partial charge in [0.15, 0.2) is 0 Å². The van der Waals surface area contributed by atoms with Crippen LogP contribution in [0.2, 0.25) is 5.02 Å². The van der Waals surface area contributed by atoms with Gasteiger partial charge in [0.2, 0.25) is 0 Å². The Labute approximate surface area is 139 Å². The highest BCUT2D eigenvalue weighted by Gasteiger charge is 2.19. The van der Waals surface area contributed by atoms with E-state index in [1.54, 1.807) is 0 Å². The van der Waals surface area contributed by atoms with Crippen LogP contribution in [0, 0.1) is 0 Å². The number of benzene rings is 2. The molecule has 0 aromatic heterocycles. The van der Waals surface area contributed by atoms with Crippen LogP contribution in [-0.2, 0) is 0 Å². The molecule has 1 aliphatic rings. The lowest BCUT2D eigenvalue weighted by molar-refractivity contribution is 0.526. The van der Waals surface area contributed by atoms with Gasteiger partial charge >= 0.3 is 0 Å². The molecule has 0 aliphatic carbocycles. The molecule has 0 unspecified atom stereocenters. The zero-order valence-corrected chi connectivity index (χ0v) is 14.1. The van der Waals surface area contributed by atoms with E-state index >= 15 is 0 Å². The van der Waals surface area contributed by atoms with Gasteiger partial charge in [-0.05, 0) is 59.1 Å². The zero-order valence-electron chi connectivity index (χ0n) is 11.7. The Bertz CT molecular complexity index is 595. The number of anilines is 2. The Kier molecular flexibility index (Phi) is 4.71. The fourth-order valence-corrected chi connectivity index (χ4v) is 3.28. The molecule has 3 rings (SSSR count). The number of para-hydroxylation sites is 1. The molecule has 4 heteroatoms. The molecule has 2 aromatic carbocycles. The summed E-state index contributed by atoms with van der Waals surface area (Å²) >= 11 is 9.64. The normalized spacial score (nSPS) is 16.0. The van der Waals surface area contributed by atoms with Crippen LogP contribution in [0.3, 0.4) is 0 Å². The molecular formula is C17H18BrClN2. The summed E-state index contributed by atoms with van der Waals surface area (Å²) in [6, 6.07) is 17.0. The Morgan fingerprint density at radius 1 is 1.05 bits per heavy atom. The Balaban J connectivity index is 1.60. The SMILES string of the molecule is Clc1ccc(Br)c(NC2CCN(c3ccccc3)CC2)c1. The van der Waals surface area contributed by atoms with Crippen LogP contribution in [0.4, 0.5) is 11.4 Å². The van der Waals surface area contributed by atoms with Gasteiger partial charge in [0.1, 0.15) is 0 Å². The molecule has 1 heterocycles. The van der Waals surface area contributed by atoms with E-state index in [1.807, 2.05) is 18.2 Å². The number of nitrogens with one attached hydrogen (secondary N) is 1. The van der Waals surface area contributed by atoms with Gasteiger partial charge in [0.05, 0.1) is 5.69 Å². The third-order valence-corrected chi connectivity index (χ3v) is 4.83. The molecule has 0 saturated carbocycles. The minimum Gasteiger partial charge on any atom is -0.381 e. The van der Waals surface area contributed by atoms with Gasteiger partial charge in [0.25, 0.3) is 0 Å². The predicted octanol–water partition coefficient (Wildman–Crippen LogP) is 5.18. The zero-order chi connectivity index (χ0) is 14.7. The van der Waals surface area contributed by atoms with Crippen molar-refractivity contribution in [2.75, 3.05) is 23.3 Å². The van der Waals surface area contributed by atoms with Crippen molar-refractivity contribution in [3.63, 3.8) is 0 Å². The van der Waals surface area contributed by atoms with Crippen LogP contribution in [0.15, 0.2) is 53.0 Å². The molecule has 110 valence electrons. The first-order chi connectivity index (χ1) is 10.2. The van der Waals surface area contributed by atoms with Crippen LogP contribution in [-0.4, -0.2) is 19.1 Å². The van der Waals surface area contributed by atoms with Crippen molar-refractivity contribution >= 4 is 38.9 Å². The molecule has 0 spiro atoms. The van der Waals surface area contributed by atoms with E-state index in [4.69, 9.17) is 11.6 Å². The molecule has 0 radical (unpaired) electrons. The molecule has 0 amide bonds. The molecule has 0 atom stereocenters. The molecule has 1 N–H and O–H groups in total. The summed E-state index contributed by atoms with van der Waals surface area (Å²) in [6.45, 7) is 2.17. The molecule has 1 saturated heterocycles. The first-order valence-corrected chi connectivity index (χ1v) is 8.41. The lowest BCUT2D eigenvalue weighted by Gasteiger charge is -2.34. The number of hydrogen-bond donors (Lipinski definition) is 1. The molecule has 21 heavy (non-hydrogen) atoms. The van der Waals surface area contributed by atoms with E-state index in [2.05, 4.69) is 56.5 Å². The second-order valence-electron chi connectivity index (χ2n) is 5.37. The van der Waals surface area contributed by atoms with E-state index in [9.17, 15) is 0 Å². The Morgan fingerprint density at radius 2 is 1.76 bits per heavy atom. The smallest absolute Gasteiger partial charge is 0.0501 e. The van der Waals surface area contributed by atoms with Gasteiger partial charge in [0, 0.05) is 34.3 Å². The highest BCUT2D eigenvalue weighted by molar-refractivity contribution is 9.10. The van der Waals surface area contributed by atoms with Gasteiger partial charge in [-0.25, -0.2) is 0 Å². The second-order valence-corrected chi connectivity index (χ2v) is 6.66. The van der Waals surface area contributed by atoms with Gasteiger partial charge in [-0.15, -0.1) is 0 Å². The van der Waals surface area contributed by atoms with Gasteiger partial charge in [-0.2, -0.15) is 0 Å². The number of hydrogen-bond acceptors (Lipinski definition) is 2. The van der Waals surface area contributed by atoms with Crippen molar-refractivity contribution in [3.05, 3.63) is 58.0 Å². The molecule has 1 fully saturated rings. The fraction of sp³-hybridized carbons (Fsp3) is 0.294. The first kappa shape index (κ1) is 14.7. The number of halogens is 2. The summed E-state index contributed by atoms with van der Waals surface area (Å²) in [7, 11) is 0. The summed E-state index contributed by atoms with van der Waals surface area (Å²) in [6.07, 6.45) is 2.27. The molecule has 1 aliphatic heterocycles. The summed E-state index contributed by atoms with van der Waals surface area (Å²) in [5.41, 5.74) is 2.40. The second kappa shape index (κ2) is 6.71. The van der Waals surface area contributed by atoms with Gasteiger partial charge in [-0.3, -0.25) is 0 Å². The Hall–Kier alpha value is -1.19. The van der Waals surface area contributed by atoms with Crippen LogP contribution >= 0.6 is 27.5 Å². The number of rotatable bonds is 3. The maximum absolute atomic E-state index is 6.07. The topological polar surface area (TPSA) is 15.3 Å². The standard InChI is InChI=1S/C17H18BrClN2/c18-16-7-6-13(19)12-17(16)20-14-8-10-21(11-9-14)15-4-2-1-3-5-15/h1-7,12,14,20H,8-11H2. The summed E-state index contributed by atoms with van der Waals surface area (Å²) in [5.74, 6) is 0. The van der Waals surface area contributed by atoms with E-state index in [1.165, 1.54) is 5.69 Å². The Morgan fingerprint density at radius 3 is 2.48 bits per heavy atom. The minimum absolute atomic E-state index is 0.500. The summed E-state index contributed by atoms with van der Waals surface area (Å²) in [5, 5.41) is 4.37. The number of piperidine rings is 1. The van der Waals surface area contributed by atoms with Crippen LogP contribution < -0.4 is 10.2 Å². The quantitative estimate of drug-likeness (QED) is 0.806. The van der Waals surface area contributed by atoms with E-state index in [0.29, 0.717) is 6.04 Å². The molecule has 2 aromatic rings. The third kappa shape index (κ3) is 3.72. The minimum atomic E-state index is 0.500.